The summed E-state index contributed by atoms with van der Waals surface area (Å²) in [7, 11) is 0. The van der Waals surface area contributed by atoms with Crippen molar-refractivity contribution in [3.63, 3.8) is 0 Å². The average molecular weight is 221 g/mol. The van der Waals surface area contributed by atoms with Crippen molar-refractivity contribution in [2.24, 2.45) is 5.92 Å². The maximum absolute atomic E-state index is 4.51. The minimum atomic E-state index is 1.01. The van der Waals surface area contributed by atoms with Crippen LogP contribution in [0.25, 0.3) is 0 Å². The molecular formula is C13H23N3. The minimum absolute atomic E-state index is 1.01. The van der Waals surface area contributed by atoms with Crippen molar-refractivity contribution in [1.82, 2.24) is 9.55 Å². The van der Waals surface area contributed by atoms with Crippen LogP contribution < -0.4 is 5.32 Å². The number of aryl methyl sites for hydroxylation is 2. The number of hydrogen-bond donors (Lipinski definition) is 1. The Hall–Kier alpha value is -0.990. The van der Waals surface area contributed by atoms with Crippen LogP contribution in [0.1, 0.15) is 44.7 Å². The summed E-state index contributed by atoms with van der Waals surface area (Å²) in [5.41, 5.74) is 1.12. The maximum Gasteiger partial charge on any atom is 0.203 e. The van der Waals surface area contributed by atoms with E-state index >= 15 is 0 Å². The molecule has 0 amide bonds. The van der Waals surface area contributed by atoms with Crippen molar-refractivity contribution in [2.75, 3.05) is 11.9 Å². The second-order valence-corrected chi connectivity index (χ2v) is 4.91. The molecule has 1 aliphatic carbocycles. The van der Waals surface area contributed by atoms with Gasteiger partial charge in [0.15, 0.2) is 0 Å². The molecule has 1 N–H and O–H groups in total. The normalized spacial score (nSPS) is 15.4. The van der Waals surface area contributed by atoms with Gasteiger partial charge in [0.05, 0.1) is 5.69 Å². The standard InChI is InChI=1S/C13H23N3/c1-3-8-14-13-15-11(2)10-16(13)9-4-5-12-6-7-12/h10,12H,3-9H2,1-2H3,(H,14,15). The van der Waals surface area contributed by atoms with Crippen molar-refractivity contribution in [2.45, 2.75) is 52.5 Å². The Bertz CT molecular complexity index is 326. The number of hydrogen-bond acceptors (Lipinski definition) is 2. The lowest BCUT2D eigenvalue weighted by molar-refractivity contribution is 0.579. The molecule has 0 atom stereocenters. The molecule has 1 aromatic rings. The van der Waals surface area contributed by atoms with Gasteiger partial charge in [0.2, 0.25) is 5.95 Å². The number of imidazole rings is 1. The van der Waals surface area contributed by atoms with Crippen LogP contribution in [0.15, 0.2) is 6.20 Å². The molecule has 0 aliphatic heterocycles. The molecule has 3 heteroatoms. The zero-order valence-electron chi connectivity index (χ0n) is 10.5. The van der Waals surface area contributed by atoms with Gasteiger partial charge in [-0.3, -0.25) is 0 Å². The third-order valence-corrected chi connectivity index (χ3v) is 3.14. The Morgan fingerprint density at radius 1 is 1.50 bits per heavy atom. The van der Waals surface area contributed by atoms with E-state index in [4.69, 9.17) is 0 Å². The molecule has 1 heterocycles. The number of anilines is 1. The van der Waals surface area contributed by atoms with E-state index in [2.05, 4.69) is 34.9 Å². The van der Waals surface area contributed by atoms with Crippen LogP contribution in [-0.2, 0) is 6.54 Å². The summed E-state index contributed by atoms with van der Waals surface area (Å²) in [4.78, 5) is 4.51. The molecule has 0 unspecified atom stereocenters. The topological polar surface area (TPSA) is 29.9 Å². The van der Waals surface area contributed by atoms with Gasteiger partial charge >= 0.3 is 0 Å². The molecule has 1 aromatic heterocycles. The molecule has 0 aromatic carbocycles. The lowest BCUT2D eigenvalue weighted by atomic mass is 10.2. The Balaban J connectivity index is 1.84. The van der Waals surface area contributed by atoms with E-state index in [1.165, 1.54) is 25.7 Å². The molecule has 0 spiro atoms. The number of nitrogens with zero attached hydrogens (tertiary/aromatic N) is 2. The van der Waals surface area contributed by atoms with Gasteiger partial charge in [-0.05, 0) is 32.1 Å². The Kier molecular flexibility index (Phi) is 3.86. The van der Waals surface area contributed by atoms with E-state index in [9.17, 15) is 0 Å². The summed E-state index contributed by atoms with van der Waals surface area (Å²) in [6, 6.07) is 0. The molecule has 1 fully saturated rings. The van der Waals surface area contributed by atoms with Crippen LogP contribution in [0.5, 0.6) is 0 Å². The quantitative estimate of drug-likeness (QED) is 0.766. The van der Waals surface area contributed by atoms with Crippen molar-refractivity contribution in [3.8, 4) is 0 Å². The summed E-state index contributed by atoms with van der Waals surface area (Å²) in [5.74, 6) is 2.09. The highest BCUT2D eigenvalue weighted by molar-refractivity contribution is 5.28. The monoisotopic (exact) mass is 221 g/mol. The van der Waals surface area contributed by atoms with Gasteiger partial charge in [-0.15, -0.1) is 0 Å². The molecular weight excluding hydrogens is 198 g/mol. The molecule has 1 aliphatic rings. The largest absolute Gasteiger partial charge is 0.356 e. The molecule has 3 nitrogen and oxygen atoms in total. The highest BCUT2D eigenvalue weighted by atomic mass is 15.2. The third kappa shape index (κ3) is 3.26. The van der Waals surface area contributed by atoms with Crippen LogP contribution in [-0.4, -0.2) is 16.1 Å². The Morgan fingerprint density at radius 2 is 2.31 bits per heavy atom. The van der Waals surface area contributed by atoms with Gasteiger partial charge in [0.1, 0.15) is 0 Å². The van der Waals surface area contributed by atoms with Crippen LogP contribution in [0.3, 0.4) is 0 Å². The SMILES string of the molecule is CCCNc1nc(C)cn1CCCC1CC1. The third-order valence-electron chi connectivity index (χ3n) is 3.14. The molecule has 2 rings (SSSR count). The molecule has 1 saturated carbocycles. The van der Waals surface area contributed by atoms with E-state index in [0.29, 0.717) is 0 Å². The second-order valence-electron chi connectivity index (χ2n) is 4.91. The number of nitrogens with one attached hydrogen (secondary N) is 1. The van der Waals surface area contributed by atoms with Crippen molar-refractivity contribution >= 4 is 5.95 Å². The molecule has 0 bridgehead atoms. The van der Waals surface area contributed by atoms with Crippen LogP contribution >= 0.6 is 0 Å². The lowest BCUT2D eigenvalue weighted by Gasteiger charge is -2.08. The Morgan fingerprint density at radius 3 is 3.00 bits per heavy atom. The van der Waals surface area contributed by atoms with Crippen LogP contribution in [0.2, 0.25) is 0 Å². The number of rotatable bonds is 7. The molecule has 0 saturated heterocycles. The van der Waals surface area contributed by atoms with Gasteiger partial charge < -0.3 is 9.88 Å². The first-order valence-corrected chi connectivity index (χ1v) is 6.57. The average Bonchev–Trinajstić information content (AvgIpc) is 3.00. The van der Waals surface area contributed by atoms with Gasteiger partial charge in [-0.25, -0.2) is 4.98 Å². The fraction of sp³-hybridized carbons (Fsp3) is 0.769. The van der Waals surface area contributed by atoms with Gasteiger partial charge in [-0.2, -0.15) is 0 Å². The summed E-state index contributed by atoms with van der Waals surface area (Å²) in [6.45, 7) is 6.37. The summed E-state index contributed by atoms with van der Waals surface area (Å²) < 4.78 is 2.27. The van der Waals surface area contributed by atoms with Crippen molar-refractivity contribution < 1.29 is 0 Å². The van der Waals surface area contributed by atoms with Gasteiger partial charge in [0, 0.05) is 19.3 Å². The molecule has 0 radical (unpaired) electrons. The van der Waals surface area contributed by atoms with Crippen LogP contribution in [0, 0.1) is 12.8 Å². The van der Waals surface area contributed by atoms with Crippen molar-refractivity contribution in [1.29, 1.82) is 0 Å². The number of aromatic nitrogens is 2. The van der Waals surface area contributed by atoms with Gasteiger partial charge in [-0.1, -0.05) is 19.8 Å². The summed E-state index contributed by atoms with van der Waals surface area (Å²) in [5, 5.41) is 3.39. The predicted octanol–water partition coefficient (Wildman–Crippen LogP) is 3.20. The zero-order chi connectivity index (χ0) is 11.4. The lowest BCUT2D eigenvalue weighted by Crippen LogP contribution is -2.08. The van der Waals surface area contributed by atoms with E-state index < -0.39 is 0 Å². The molecule has 90 valence electrons. The maximum atomic E-state index is 4.51. The minimum Gasteiger partial charge on any atom is -0.356 e. The highest BCUT2D eigenvalue weighted by Crippen LogP contribution is 2.33. The first-order chi connectivity index (χ1) is 7.79. The fourth-order valence-corrected chi connectivity index (χ4v) is 2.05. The van der Waals surface area contributed by atoms with E-state index in [1.807, 2.05) is 0 Å². The Labute approximate surface area is 98.3 Å². The van der Waals surface area contributed by atoms with Crippen molar-refractivity contribution in [3.05, 3.63) is 11.9 Å². The predicted molar refractivity (Wildman–Crippen MR) is 67.7 cm³/mol. The first-order valence-electron chi connectivity index (χ1n) is 6.57. The van der Waals surface area contributed by atoms with E-state index in [-0.39, 0.29) is 0 Å². The van der Waals surface area contributed by atoms with Crippen LogP contribution in [0.4, 0.5) is 5.95 Å². The first kappa shape index (κ1) is 11.5. The van der Waals surface area contributed by atoms with Gasteiger partial charge in [0.25, 0.3) is 0 Å². The highest BCUT2D eigenvalue weighted by Gasteiger charge is 2.20. The fourth-order valence-electron chi connectivity index (χ4n) is 2.05. The van der Waals surface area contributed by atoms with E-state index in [1.54, 1.807) is 0 Å². The summed E-state index contributed by atoms with van der Waals surface area (Å²) in [6.07, 6.45) is 8.92. The second kappa shape index (κ2) is 5.37. The zero-order valence-corrected chi connectivity index (χ0v) is 10.5. The molecule has 16 heavy (non-hydrogen) atoms. The smallest absolute Gasteiger partial charge is 0.203 e. The summed E-state index contributed by atoms with van der Waals surface area (Å²) >= 11 is 0. The van der Waals surface area contributed by atoms with E-state index in [0.717, 1.165) is 37.1 Å².